The number of likely N-dealkylation sites (tertiary alicyclic amines) is 2. The number of Topliss-reactive ketones (excluding diaryl/α,β-unsaturated/α-hetero) is 2. The third-order valence-corrected chi connectivity index (χ3v) is 20.6. The van der Waals surface area contributed by atoms with E-state index in [2.05, 4.69) is 47.8 Å². The first-order valence-electron chi connectivity index (χ1n) is 24.8. The average Bonchev–Trinajstić information content (AvgIpc) is 4.09. The fraction of sp³-hybridized carbons (Fsp3) is 0.840. The molecule has 8 aliphatic carbocycles. The van der Waals surface area contributed by atoms with Crippen LogP contribution in [0.25, 0.3) is 0 Å². The standard InChI is InChI=1S/C50H70F2N4O6/c1-47-21-19-33-29(31(47)13-15-41(47)57)9-11-35-45(51)37(55-23-5-6-24-55)27-39(49(33,35)3)53-61-43(59)17-18-44(60)62-54-40-28-38(56-25-7-8-26-56)46(52)36-12-10-30-32-14-16-42(58)48(32,2)22-20-34(30)50(36,40)4/h17-18,29-38,45-46H,5-16,19-28H2,1-4H3/b18-17+,53-39-,54-40-/t29-,30-,31-,32-,33+,34+,35?,36?,37?,38?,45?,46?,47-,48-,49+,50+/m0/s1. The van der Waals surface area contributed by atoms with E-state index in [1.165, 1.54) is 0 Å². The Hall–Kier alpha value is -2.86. The molecule has 2 aliphatic heterocycles. The van der Waals surface area contributed by atoms with E-state index < -0.39 is 35.1 Å². The van der Waals surface area contributed by atoms with Gasteiger partial charge in [-0.05, 0) is 152 Å². The minimum atomic E-state index is -1.02. The van der Waals surface area contributed by atoms with Crippen LogP contribution in [0.1, 0.15) is 143 Å². The number of nitrogens with zero attached hydrogens (tertiary/aromatic N) is 4. The van der Waals surface area contributed by atoms with Crippen LogP contribution >= 0.6 is 0 Å². The van der Waals surface area contributed by atoms with Crippen LogP contribution in [-0.4, -0.2) is 95.3 Å². The Balaban J connectivity index is 0.876. The summed E-state index contributed by atoms with van der Waals surface area (Å²) in [4.78, 5) is 68.7. The maximum Gasteiger partial charge on any atom is 0.358 e. The molecule has 0 spiro atoms. The first-order valence-corrected chi connectivity index (χ1v) is 24.8. The molecule has 0 aromatic carbocycles. The van der Waals surface area contributed by atoms with Gasteiger partial charge in [0.05, 0.1) is 11.4 Å². The van der Waals surface area contributed by atoms with Crippen LogP contribution in [-0.2, 0) is 28.9 Å². The third kappa shape index (κ3) is 6.52. The van der Waals surface area contributed by atoms with Gasteiger partial charge in [0.15, 0.2) is 0 Å². The lowest BCUT2D eigenvalue weighted by molar-refractivity contribution is -0.141. The lowest BCUT2D eigenvalue weighted by Crippen LogP contribution is -2.63. The number of hydrogen-bond acceptors (Lipinski definition) is 10. The van der Waals surface area contributed by atoms with Gasteiger partial charge in [0.25, 0.3) is 0 Å². The Morgan fingerprint density at radius 2 is 0.952 bits per heavy atom. The summed E-state index contributed by atoms with van der Waals surface area (Å²) in [5, 5.41) is 9.19. The Morgan fingerprint density at radius 3 is 1.34 bits per heavy atom. The highest BCUT2D eigenvalue weighted by Crippen LogP contribution is 2.67. The highest BCUT2D eigenvalue weighted by molar-refractivity contribution is 5.96. The second-order valence-corrected chi connectivity index (χ2v) is 22.7. The monoisotopic (exact) mass is 861 g/mol. The van der Waals surface area contributed by atoms with Crippen LogP contribution in [0.5, 0.6) is 0 Å². The topological polar surface area (TPSA) is 118 Å². The Kier molecular flexibility index (Phi) is 11.1. The van der Waals surface area contributed by atoms with Gasteiger partial charge in [0.2, 0.25) is 0 Å². The lowest BCUT2D eigenvalue weighted by atomic mass is 9.44. The van der Waals surface area contributed by atoms with E-state index in [0.717, 1.165) is 140 Å². The molecule has 0 aromatic heterocycles. The van der Waals surface area contributed by atoms with Gasteiger partial charge in [0, 0.05) is 83.4 Å². The summed E-state index contributed by atoms with van der Waals surface area (Å²) >= 11 is 0. The molecule has 2 saturated heterocycles. The van der Waals surface area contributed by atoms with E-state index in [9.17, 15) is 19.2 Å². The van der Waals surface area contributed by atoms with Gasteiger partial charge in [-0.25, -0.2) is 18.4 Å². The van der Waals surface area contributed by atoms with Crippen molar-refractivity contribution in [1.82, 2.24) is 9.80 Å². The van der Waals surface area contributed by atoms with E-state index in [1.807, 2.05) is 0 Å². The second kappa shape index (κ2) is 15.9. The molecule has 0 N–H and O–H groups in total. The number of carbonyl (C=O) groups is 4. The first-order chi connectivity index (χ1) is 29.7. The van der Waals surface area contributed by atoms with Crippen LogP contribution in [0.2, 0.25) is 0 Å². The summed E-state index contributed by atoms with van der Waals surface area (Å²) in [5.74, 6) is 0.00658. The van der Waals surface area contributed by atoms with Crippen molar-refractivity contribution in [2.24, 2.45) is 79.3 Å². The molecule has 0 bridgehead atoms. The Morgan fingerprint density at radius 1 is 0.565 bits per heavy atom. The van der Waals surface area contributed by atoms with Crippen LogP contribution in [0.3, 0.4) is 0 Å². The van der Waals surface area contributed by atoms with Crippen molar-refractivity contribution in [2.75, 3.05) is 26.2 Å². The van der Waals surface area contributed by atoms with Gasteiger partial charge in [0.1, 0.15) is 23.9 Å². The molecule has 0 radical (unpaired) electrons. The molecule has 10 fully saturated rings. The van der Waals surface area contributed by atoms with Crippen LogP contribution in [0, 0.1) is 69.0 Å². The molecule has 12 heteroatoms. The van der Waals surface area contributed by atoms with E-state index in [4.69, 9.17) is 9.68 Å². The van der Waals surface area contributed by atoms with Crippen molar-refractivity contribution in [3.05, 3.63) is 12.2 Å². The molecule has 10 aliphatic rings. The Bertz CT molecular complexity index is 1790. The molecule has 340 valence electrons. The number of alkyl halides is 2. The number of rotatable bonds is 6. The number of oxime groups is 2. The smallest absolute Gasteiger partial charge is 0.314 e. The average molecular weight is 861 g/mol. The normalized spacial score (nSPS) is 49.3. The van der Waals surface area contributed by atoms with Gasteiger partial charge in [-0.2, -0.15) is 0 Å². The maximum atomic E-state index is 16.9. The highest BCUT2D eigenvalue weighted by atomic mass is 19.1. The quantitative estimate of drug-likeness (QED) is 0.148. The summed E-state index contributed by atoms with van der Waals surface area (Å²) in [6.45, 7) is 12.0. The molecule has 16 atom stereocenters. The van der Waals surface area contributed by atoms with Crippen molar-refractivity contribution < 1.29 is 37.6 Å². The number of hydrogen-bond donors (Lipinski definition) is 0. The van der Waals surface area contributed by atoms with Crippen molar-refractivity contribution >= 4 is 34.9 Å². The largest absolute Gasteiger partial charge is 0.358 e. The first kappa shape index (κ1) is 43.1. The molecule has 8 saturated carbocycles. The summed E-state index contributed by atoms with van der Waals surface area (Å²) in [5.41, 5.74) is -0.410. The molecule has 0 amide bonds. The third-order valence-electron chi connectivity index (χ3n) is 20.6. The second-order valence-electron chi connectivity index (χ2n) is 22.7. The zero-order valence-corrected chi connectivity index (χ0v) is 37.6. The molecule has 10 nitrogen and oxygen atoms in total. The summed E-state index contributed by atoms with van der Waals surface area (Å²) in [6.07, 6.45) is 14.4. The van der Waals surface area contributed by atoms with Crippen LogP contribution in [0.4, 0.5) is 8.78 Å². The summed E-state index contributed by atoms with van der Waals surface area (Å²) in [6, 6.07) is -0.651. The van der Waals surface area contributed by atoms with Crippen molar-refractivity contribution in [2.45, 2.75) is 168 Å². The number of ketones is 2. The Labute approximate surface area is 366 Å². The van der Waals surface area contributed by atoms with Gasteiger partial charge in [-0.15, -0.1) is 0 Å². The zero-order chi connectivity index (χ0) is 43.3. The van der Waals surface area contributed by atoms with Gasteiger partial charge in [-0.3, -0.25) is 19.4 Å². The minimum absolute atomic E-state index is 0.141. The molecule has 6 unspecified atom stereocenters. The highest BCUT2D eigenvalue weighted by Gasteiger charge is 2.66. The van der Waals surface area contributed by atoms with Crippen molar-refractivity contribution in [3.63, 3.8) is 0 Å². The number of halogens is 2. The van der Waals surface area contributed by atoms with E-state index in [1.54, 1.807) is 0 Å². The van der Waals surface area contributed by atoms with Crippen LogP contribution < -0.4 is 0 Å². The molecular weight excluding hydrogens is 791 g/mol. The van der Waals surface area contributed by atoms with E-state index in [-0.39, 0.29) is 58.4 Å². The van der Waals surface area contributed by atoms with Crippen molar-refractivity contribution in [1.29, 1.82) is 0 Å². The predicted octanol–water partition coefficient (Wildman–Crippen LogP) is 8.61. The minimum Gasteiger partial charge on any atom is -0.314 e. The molecule has 10 rings (SSSR count). The summed E-state index contributed by atoms with van der Waals surface area (Å²) < 4.78 is 33.7. The van der Waals surface area contributed by atoms with Crippen molar-refractivity contribution in [3.8, 4) is 0 Å². The fourth-order valence-electron chi connectivity index (χ4n) is 17.2. The molecular formula is C50H70F2N4O6. The molecule has 62 heavy (non-hydrogen) atoms. The van der Waals surface area contributed by atoms with Gasteiger partial charge >= 0.3 is 11.9 Å². The fourth-order valence-corrected chi connectivity index (χ4v) is 17.2. The lowest BCUT2D eigenvalue weighted by Gasteiger charge is -2.61. The van der Waals surface area contributed by atoms with Crippen LogP contribution in [0.15, 0.2) is 22.5 Å². The zero-order valence-electron chi connectivity index (χ0n) is 37.6. The number of carbonyl (C=O) groups excluding carboxylic acids is 4. The van der Waals surface area contributed by atoms with E-state index >= 15 is 8.78 Å². The molecule has 2 heterocycles. The van der Waals surface area contributed by atoms with Gasteiger partial charge < -0.3 is 9.68 Å². The number of fused-ring (bicyclic) bond motifs is 10. The SMILES string of the molecule is C[C@]12/C(=N\OC(=O)/C=C/C(=O)O/N=C3/CC(N4CCCC4)C(F)C4CC[C@@H]5[C@@H](CC[C@]6(C)C(=O)CC[C@@H]56)[C@@]34C)CC(N3CCCC3)C(F)C1CC[C@@H]1[C@H]2CC[C@]2(C)C(=O)CC[C@@H]12. The molecule has 0 aromatic rings. The van der Waals surface area contributed by atoms with E-state index in [0.29, 0.717) is 49.1 Å². The van der Waals surface area contributed by atoms with Gasteiger partial charge in [-0.1, -0.05) is 38.0 Å². The summed E-state index contributed by atoms with van der Waals surface area (Å²) in [7, 11) is 0. The maximum absolute atomic E-state index is 16.9. The predicted molar refractivity (Wildman–Crippen MR) is 230 cm³/mol.